The summed E-state index contributed by atoms with van der Waals surface area (Å²) in [6.07, 6.45) is 0. The number of nitrogens with one attached hydrogen (secondary N) is 1. The standard InChI is InChI=1S/C16H16N2O3/c1-10-2-4-12(13(17)6-10)16(19)18-8-11-3-5-14-15(7-11)21-9-20-14/h2-7H,8-9,17H2,1H3,(H,18,19). The maximum Gasteiger partial charge on any atom is 0.253 e. The number of hydrogen-bond donors (Lipinski definition) is 2. The molecular formula is C16H16N2O3. The van der Waals surface area contributed by atoms with Crippen LogP contribution in [0.2, 0.25) is 0 Å². The number of anilines is 1. The van der Waals surface area contributed by atoms with Gasteiger partial charge in [-0.1, -0.05) is 12.1 Å². The molecule has 1 heterocycles. The number of aryl methyl sites for hydroxylation is 1. The van der Waals surface area contributed by atoms with Crippen LogP contribution in [-0.4, -0.2) is 12.7 Å². The van der Waals surface area contributed by atoms with Crippen LogP contribution in [0.15, 0.2) is 36.4 Å². The molecule has 2 aromatic rings. The molecule has 5 nitrogen and oxygen atoms in total. The Labute approximate surface area is 122 Å². The summed E-state index contributed by atoms with van der Waals surface area (Å²) in [5, 5.41) is 2.85. The summed E-state index contributed by atoms with van der Waals surface area (Å²) in [4.78, 5) is 12.1. The average molecular weight is 284 g/mol. The van der Waals surface area contributed by atoms with Crippen molar-refractivity contribution in [2.45, 2.75) is 13.5 Å². The number of fused-ring (bicyclic) bond motifs is 1. The zero-order chi connectivity index (χ0) is 14.8. The predicted octanol–water partition coefficient (Wildman–Crippen LogP) is 2.24. The second kappa shape index (κ2) is 5.36. The zero-order valence-corrected chi connectivity index (χ0v) is 11.7. The number of nitrogens with two attached hydrogens (primary N) is 1. The van der Waals surface area contributed by atoms with Crippen molar-refractivity contribution >= 4 is 11.6 Å². The molecule has 0 unspecified atom stereocenters. The summed E-state index contributed by atoms with van der Waals surface area (Å²) >= 11 is 0. The molecule has 21 heavy (non-hydrogen) atoms. The van der Waals surface area contributed by atoms with Gasteiger partial charge in [0.25, 0.3) is 5.91 Å². The van der Waals surface area contributed by atoms with Gasteiger partial charge >= 0.3 is 0 Å². The second-order valence-corrected chi connectivity index (χ2v) is 4.96. The quantitative estimate of drug-likeness (QED) is 0.848. The molecule has 1 aliphatic rings. The molecule has 0 saturated heterocycles. The maximum absolute atomic E-state index is 12.1. The number of ether oxygens (including phenoxy) is 2. The fraction of sp³-hybridized carbons (Fsp3) is 0.188. The Hall–Kier alpha value is -2.69. The lowest BCUT2D eigenvalue weighted by Crippen LogP contribution is -2.23. The third-order valence-corrected chi connectivity index (χ3v) is 3.34. The SMILES string of the molecule is Cc1ccc(C(=O)NCc2ccc3c(c2)OCO3)c(N)c1. The van der Waals surface area contributed by atoms with Gasteiger partial charge in [-0.25, -0.2) is 0 Å². The minimum Gasteiger partial charge on any atom is -0.454 e. The van der Waals surface area contributed by atoms with Crippen molar-refractivity contribution in [2.24, 2.45) is 0 Å². The molecule has 2 aromatic carbocycles. The fourth-order valence-electron chi connectivity index (χ4n) is 2.22. The lowest BCUT2D eigenvalue weighted by atomic mass is 10.1. The largest absolute Gasteiger partial charge is 0.454 e. The first-order chi connectivity index (χ1) is 10.1. The molecular weight excluding hydrogens is 268 g/mol. The normalized spacial score (nSPS) is 12.2. The number of benzene rings is 2. The number of rotatable bonds is 3. The van der Waals surface area contributed by atoms with E-state index in [2.05, 4.69) is 5.32 Å². The highest BCUT2D eigenvalue weighted by Gasteiger charge is 2.14. The highest BCUT2D eigenvalue weighted by molar-refractivity contribution is 5.99. The van der Waals surface area contributed by atoms with E-state index in [4.69, 9.17) is 15.2 Å². The first kappa shape index (κ1) is 13.3. The number of carbonyl (C=O) groups is 1. The van der Waals surface area contributed by atoms with E-state index in [-0.39, 0.29) is 12.7 Å². The Morgan fingerprint density at radius 2 is 2.00 bits per heavy atom. The number of hydrogen-bond acceptors (Lipinski definition) is 4. The summed E-state index contributed by atoms with van der Waals surface area (Å²) in [6, 6.07) is 11.0. The summed E-state index contributed by atoms with van der Waals surface area (Å²) < 4.78 is 10.6. The van der Waals surface area contributed by atoms with Crippen molar-refractivity contribution in [3.05, 3.63) is 53.1 Å². The van der Waals surface area contributed by atoms with Crippen LogP contribution in [0.5, 0.6) is 11.5 Å². The highest BCUT2D eigenvalue weighted by Crippen LogP contribution is 2.32. The van der Waals surface area contributed by atoms with Gasteiger partial charge in [0, 0.05) is 12.2 Å². The average Bonchev–Trinajstić information content (AvgIpc) is 2.92. The molecule has 0 aliphatic carbocycles. The lowest BCUT2D eigenvalue weighted by molar-refractivity contribution is 0.0951. The molecule has 0 fully saturated rings. The molecule has 0 atom stereocenters. The Bertz CT molecular complexity index is 698. The Kier molecular flexibility index (Phi) is 3.39. The van der Waals surface area contributed by atoms with Crippen LogP contribution in [-0.2, 0) is 6.54 Å². The van der Waals surface area contributed by atoms with E-state index in [1.165, 1.54) is 0 Å². The fourth-order valence-corrected chi connectivity index (χ4v) is 2.22. The van der Waals surface area contributed by atoms with E-state index in [9.17, 15) is 4.79 Å². The van der Waals surface area contributed by atoms with Crippen molar-refractivity contribution < 1.29 is 14.3 Å². The first-order valence-electron chi connectivity index (χ1n) is 6.66. The maximum atomic E-state index is 12.1. The molecule has 5 heteroatoms. The summed E-state index contributed by atoms with van der Waals surface area (Å²) in [5.74, 6) is 1.25. The minimum atomic E-state index is -0.190. The molecule has 3 N–H and O–H groups in total. The lowest BCUT2D eigenvalue weighted by Gasteiger charge is -2.09. The van der Waals surface area contributed by atoms with Crippen LogP contribution in [0.4, 0.5) is 5.69 Å². The minimum absolute atomic E-state index is 0.190. The van der Waals surface area contributed by atoms with Crippen LogP contribution >= 0.6 is 0 Å². The van der Waals surface area contributed by atoms with Crippen LogP contribution in [0.25, 0.3) is 0 Å². The highest BCUT2D eigenvalue weighted by atomic mass is 16.7. The van der Waals surface area contributed by atoms with Crippen molar-refractivity contribution in [1.29, 1.82) is 0 Å². The van der Waals surface area contributed by atoms with E-state index in [1.54, 1.807) is 12.1 Å². The molecule has 0 radical (unpaired) electrons. The van der Waals surface area contributed by atoms with E-state index in [1.807, 2.05) is 31.2 Å². The smallest absolute Gasteiger partial charge is 0.253 e. The predicted molar refractivity (Wildman–Crippen MR) is 79.3 cm³/mol. The molecule has 0 aromatic heterocycles. The first-order valence-corrected chi connectivity index (χ1v) is 6.66. The topological polar surface area (TPSA) is 73.6 Å². The molecule has 0 bridgehead atoms. The molecule has 108 valence electrons. The number of nitrogen functional groups attached to an aromatic ring is 1. The van der Waals surface area contributed by atoms with Crippen LogP contribution in [0.3, 0.4) is 0 Å². The van der Waals surface area contributed by atoms with Gasteiger partial charge in [-0.2, -0.15) is 0 Å². The van der Waals surface area contributed by atoms with Gasteiger partial charge in [-0.3, -0.25) is 4.79 Å². The van der Waals surface area contributed by atoms with Crippen LogP contribution < -0.4 is 20.5 Å². The molecule has 0 spiro atoms. The monoisotopic (exact) mass is 284 g/mol. The Balaban J connectivity index is 1.68. The van der Waals surface area contributed by atoms with Gasteiger partial charge < -0.3 is 20.5 Å². The molecule has 1 amide bonds. The molecule has 0 saturated carbocycles. The van der Waals surface area contributed by atoms with Crippen molar-refractivity contribution in [3.63, 3.8) is 0 Å². The molecule has 1 aliphatic heterocycles. The van der Waals surface area contributed by atoms with Gasteiger partial charge in [0.2, 0.25) is 6.79 Å². The van der Waals surface area contributed by atoms with Gasteiger partial charge in [-0.15, -0.1) is 0 Å². The summed E-state index contributed by atoms with van der Waals surface area (Å²) in [5.41, 5.74) is 8.81. The second-order valence-electron chi connectivity index (χ2n) is 4.96. The van der Waals surface area contributed by atoms with Crippen LogP contribution in [0, 0.1) is 6.92 Å². The summed E-state index contributed by atoms with van der Waals surface area (Å²) in [6.45, 7) is 2.58. The van der Waals surface area contributed by atoms with Gasteiger partial charge in [0.15, 0.2) is 11.5 Å². The Morgan fingerprint density at radius 1 is 1.19 bits per heavy atom. The van der Waals surface area contributed by atoms with E-state index >= 15 is 0 Å². The van der Waals surface area contributed by atoms with Crippen molar-refractivity contribution in [3.8, 4) is 11.5 Å². The number of carbonyl (C=O) groups excluding carboxylic acids is 1. The van der Waals surface area contributed by atoms with E-state index < -0.39 is 0 Å². The zero-order valence-electron chi connectivity index (χ0n) is 11.7. The van der Waals surface area contributed by atoms with Gasteiger partial charge in [-0.05, 0) is 42.3 Å². The Morgan fingerprint density at radius 3 is 2.81 bits per heavy atom. The molecule has 3 rings (SSSR count). The van der Waals surface area contributed by atoms with E-state index in [0.717, 1.165) is 16.9 Å². The third-order valence-electron chi connectivity index (χ3n) is 3.34. The van der Waals surface area contributed by atoms with Crippen LogP contribution in [0.1, 0.15) is 21.5 Å². The van der Waals surface area contributed by atoms with Gasteiger partial charge in [0.05, 0.1) is 5.56 Å². The van der Waals surface area contributed by atoms with Gasteiger partial charge in [0.1, 0.15) is 0 Å². The van der Waals surface area contributed by atoms with Crippen molar-refractivity contribution in [2.75, 3.05) is 12.5 Å². The summed E-state index contributed by atoms with van der Waals surface area (Å²) in [7, 11) is 0. The number of amides is 1. The van der Waals surface area contributed by atoms with Crippen molar-refractivity contribution in [1.82, 2.24) is 5.32 Å². The third kappa shape index (κ3) is 2.76. The van der Waals surface area contributed by atoms with E-state index in [0.29, 0.717) is 23.5 Å².